The van der Waals surface area contributed by atoms with E-state index in [0.29, 0.717) is 5.65 Å². The normalized spacial score (nSPS) is 11.4. The van der Waals surface area contributed by atoms with Gasteiger partial charge >= 0.3 is 0 Å². The molecule has 0 aromatic carbocycles. The van der Waals surface area contributed by atoms with Crippen LogP contribution in [0.15, 0.2) is 18.3 Å². The van der Waals surface area contributed by atoms with Crippen LogP contribution in [-0.4, -0.2) is 14.6 Å². The molecule has 0 saturated heterocycles. The number of hydrogen-bond donors (Lipinski definition) is 0. The largest absolute Gasteiger partial charge is 0.221 e. The van der Waals surface area contributed by atoms with Crippen LogP contribution >= 0.6 is 0 Å². The van der Waals surface area contributed by atoms with E-state index in [0.717, 1.165) is 5.82 Å². The summed E-state index contributed by atoms with van der Waals surface area (Å²) in [6.07, 6.45) is 1.57. The molecular weight excluding hydrogens is 169 g/mol. The molecule has 0 N–H and O–H groups in total. The van der Waals surface area contributed by atoms with E-state index in [2.05, 4.69) is 10.1 Å². The first kappa shape index (κ1) is 8.16. The first-order valence-electron chi connectivity index (χ1n) is 4.18. The fraction of sp³-hybridized carbons (Fsp3) is 0.333. The molecule has 0 radical (unpaired) electrons. The Morgan fingerprint density at radius 2 is 2.23 bits per heavy atom. The average Bonchev–Trinajstić information content (AvgIpc) is 2.46. The Morgan fingerprint density at radius 3 is 2.92 bits per heavy atom. The number of rotatable bonds is 1. The van der Waals surface area contributed by atoms with Crippen LogP contribution < -0.4 is 0 Å². The molecule has 68 valence electrons. The average molecular weight is 179 g/mol. The van der Waals surface area contributed by atoms with Crippen molar-refractivity contribution >= 4 is 5.65 Å². The molecule has 2 heterocycles. The molecule has 13 heavy (non-hydrogen) atoms. The van der Waals surface area contributed by atoms with E-state index in [4.69, 9.17) is 0 Å². The number of nitrogens with zero attached hydrogens (tertiary/aromatic N) is 3. The molecule has 4 heteroatoms. The summed E-state index contributed by atoms with van der Waals surface area (Å²) in [5.41, 5.74) is 0.559. The van der Waals surface area contributed by atoms with Gasteiger partial charge in [-0.15, -0.1) is 0 Å². The van der Waals surface area contributed by atoms with Crippen molar-refractivity contribution in [2.75, 3.05) is 0 Å². The number of pyridine rings is 1. The fourth-order valence-electron chi connectivity index (χ4n) is 1.12. The lowest BCUT2D eigenvalue weighted by Gasteiger charge is -1.92. The minimum absolute atomic E-state index is 0.267. The van der Waals surface area contributed by atoms with Gasteiger partial charge in [-0.25, -0.2) is 13.9 Å². The summed E-state index contributed by atoms with van der Waals surface area (Å²) in [6, 6.07) is 2.74. The first-order chi connectivity index (χ1) is 6.16. The number of halogens is 1. The Kier molecular flexibility index (Phi) is 1.76. The van der Waals surface area contributed by atoms with Gasteiger partial charge in [-0.3, -0.25) is 0 Å². The van der Waals surface area contributed by atoms with Crippen molar-refractivity contribution in [3.05, 3.63) is 30.0 Å². The summed E-state index contributed by atoms with van der Waals surface area (Å²) in [7, 11) is 0. The molecule has 2 rings (SSSR count). The van der Waals surface area contributed by atoms with Gasteiger partial charge in [0.2, 0.25) is 0 Å². The van der Waals surface area contributed by atoms with Gasteiger partial charge in [0.25, 0.3) is 0 Å². The van der Waals surface area contributed by atoms with Crippen LogP contribution in [0, 0.1) is 5.82 Å². The zero-order chi connectivity index (χ0) is 9.42. The second-order valence-electron chi connectivity index (χ2n) is 3.27. The van der Waals surface area contributed by atoms with Crippen molar-refractivity contribution in [2.24, 2.45) is 0 Å². The Balaban J connectivity index is 2.62. The van der Waals surface area contributed by atoms with E-state index in [1.165, 1.54) is 12.1 Å². The van der Waals surface area contributed by atoms with E-state index in [9.17, 15) is 4.39 Å². The van der Waals surface area contributed by atoms with E-state index in [-0.39, 0.29) is 11.7 Å². The second kappa shape index (κ2) is 2.80. The summed E-state index contributed by atoms with van der Waals surface area (Å²) in [6.45, 7) is 4.01. The fourth-order valence-corrected chi connectivity index (χ4v) is 1.12. The standard InChI is InChI=1S/C9H10FN3/c1-6(2)9-11-8-5-7(10)3-4-13(8)12-9/h3-6H,1-2H3. The lowest BCUT2D eigenvalue weighted by molar-refractivity contribution is 0.625. The SMILES string of the molecule is CC(C)c1nc2cc(F)ccn2n1. The van der Waals surface area contributed by atoms with Crippen LogP contribution in [0.25, 0.3) is 5.65 Å². The zero-order valence-corrected chi connectivity index (χ0v) is 7.53. The van der Waals surface area contributed by atoms with E-state index in [1.54, 1.807) is 10.7 Å². The third-order valence-electron chi connectivity index (χ3n) is 1.83. The molecular formula is C9H10FN3. The van der Waals surface area contributed by atoms with E-state index < -0.39 is 0 Å². The predicted molar refractivity (Wildman–Crippen MR) is 47.0 cm³/mol. The minimum atomic E-state index is -0.282. The van der Waals surface area contributed by atoms with E-state index >= 15 is 0 Å². The van der Waals surface area contributed by atoms with Crippen LogP contribution in [-0.2, 0) is 0 Å². The summed E-state index contributed by atoms with van der Waals surface area (Å²) >= 11 is 0. The van der Waals surface area contributed by atoms with Crippen LogP contribution in [0.4, 0.5) is 4.39 Å². The molecule has 0 atom stereocenters. The molecule has 0 saturated carbocycles. The maximum absolute atomic E-state index is 12.8. The molecule has 0 aliphatic carbocycles. The molecule has 0 amide bonds. The van der Waals surface area contributed by atoms with Gasteiger partial charge in [-0.05, 0) is 6.07 Å². The smallest absolute Gasteiger partial charge is 0.158 e. The maximum atomic E-state index is 12.8. The van der Waals surface area contributed by atoms with Gasteiger partial charge < -0.3 is 0 Å². The van der Waals surface area contributed by atoms with Crippen LogP contribution in [0.5, 0.6) is 0 Å². The maximum Gasteiger partial charge on any atom is 0.158 e. The summed E-state index contributed by atoms with van der Waals surface area (Å²) < 4.78 is 14.3. The van der Waals surface area contributed by atoms with Gasteiger partial charge in [-0.1, -0.05) is 13.8 Å². The highest BCUT2D eigenvalue weighted by Gasteiger charge is 2.07. The third-order valence-corrected chi connectivity index (χ3v) is 1.83. The number of fused-ring (bicyclic) bond motifs is 1. The van der Waals surface area contributed by atoms with Crippen LogP contribution in [0.3, 0.4) is 0 Å². The Morgan fingerprint density at radius 1 is 1.46 bits per heavy atom. The van der Waals surface area contributed by atoms with Crippen molar-refractivity contribution in [1.82, 2.24) is 14.6 Å². The van der Waals surface area contributed by atoms with E-state index in [1.807, 2.05) is 13.8 Å². The quantitative estimate of drug-likeness (QED) is 0.670. The van der Waals surface area contributed by atoms with Gasteiger partial charge in [0.15, 0.2) is 11.5 Å². The Hall–Kier alpha value is -1.45. The van der Waals surface area contributed by atoms with Crippen LogP contribution in [0.2, 0.25) is 0 Å². The molecule has 0 aliphatic heterocycles. The van der Waals surface area contributed by atoms with Gasteiger partial charge in [0, 0.05) is 18.2 Å². The Bertz CT molecular complexity index is 433. The zero-order valence-electron chi connectivity index (χ0n) is 7.53. The highest BCUT2D eigenvalue weighted by atomic mass is 19.1. The monoisotopic (exact) mass is 179 g/mol. The van der Waals surface area contributed by atoms with Crippen molar-refractivity contribution in [2.45, 2.75) is 19.8 Å². The number of hydrogen-bond acceptors (Lipinski definition) is 2. The molecule has 0 spiro atoms. The van der Waals surface area contributed by atoms with Gasteiger partial charge in [-0.2, -0.15) is 5.10 Å². The minimum Gasteiger partial charge on any atom is -0.221 e. The lowest BCUT2D eigenvalue weighted by atomic mass is 10.2. The first-order valence-corrected chi connectivity index (χ1v) is 4.18. The molecule has 0 unspecified atom stereocenters. The predicted octanol–water partition coefficient (Wildman–Crippen LogP) is 1.99. The second-order valence-corrected chi connectivity index (χ2v) is 3.27. The van der Waals surface area contributed by atoms with Crippen molar-refractivity contribution in [1.29, 1.82) is 0 Å². The molecule has 0 bridgehead atoms. The molecule has 0 fully saturated rings. The molecule has 0 aliphatic rings. The summed E-state index contributed by atoms with van der Waals surface area (Å²) in [5, 5.41) is 4.19. The topological polar surface area (TPSA) is 30.2 Å². The Labute approximate surface area is 75.2 Å². The van der Waals surface area contributed by atoms with Gasteiger partial charge in [0.1, 0.15) is 5.82 Å². The van der Waals surface area contributed by atoms with Crippen molar-refractivity contribution in [3.8, 4) is 0 Å². The highest BCUT2D eigenvalue weighted by Crippen LogP contribution is 2.11. The third kappa shape index (κ3) is 1.39. The van der Waals surface area contributed by atoms with Gasteiger partial charge in [0.05, 0.1) is 0 Å². The van der Waals surface area contributed by atoms with Crippen molar-refractivity contribution in [3.63, 3.8) is 0 Å². The highest BCUT2D eigenvalue weighted by molar-refractivity contribution is 5.37. The molecule has 3 nitrogen and oxygen atoms in total. The number of aromatic nitrogens is 3. The summed E-state index contributed by atoms with van der Waals surface area (Å²) in [5.74, 6) is 0.726. The summed E-state index contributed by atoms with van der Waals surface area (Å²) in [4.78, 5) is 4.18. The molecule has 2 aromatic rings. The lowest BCUT2D eigenvalue weighted by Crippen LogP contribution is -1.91. The molecule has 2 aromatic heterocycles. The van der Waals surface area contributed by atoms with Crippen LogP contribution in [0.1, 0.15) is 25.6 Å². The van der Waals surface area contributed by atoms with Crippen molar-refractivity contribution < 1.29 is 4.39 Å².